The van der Waals surface area contributed by atoms with Crippen molar-refractivity contribution >= 4 is 5.97 Å². The van der Waals surface area contributed by atoms with Gasteiger partial charge in [0.05, 0.1) is 6.10 Å². The van der Waals surface area contributed by atoms with Gasteiger partial charge in [-0.05, 0) is 20.3 Å². The largest absolute Gasteiger partial charge is 0.462 e. The third-order valence-corrected chi connectivity index (χ3v) is 1.26. The maximum absolute atomic E-state index is 10.8. The minimum absolute atomic E-state index is 0.0153. The van der Waals surface area contributed by atoms with Gasteiger partial charge in [0.2, 0.25) is 0 Å². The smallest absolute Gasteiger partial charge is 0.322 e. The fourth-order valence-corrected chi connectivity index (χ4v) is 0.389. The quantitative estimate of drug-likeness (QED) is 0.594. The molecule has 0 aromatic carbocycles. The second-order valence-electron chi connectivity index (χ2n) is 2.44. The summed E-state index contributed by atoms with van der Waals surface area (Å²) in [5.41, 5.74) is 5.26. The van der Waals surface area contributed by atoms with Gasteiger partial charge in [0.15, 0.2) is 0 Å². The molecule has 1 unspecified atom stereocenters. The van der Waals surface area contributed by atoms with Gasteiger partial charge in [-0.15, -0.1) is 0 Å². The van der Waals surface area contributed by atoms with Gasteiger partial charge in [0.1, 0.15) is 6.04 Å². The van der Waals surface area contributed by atoms with Crippen molar-refractivity contribution in [2.45, 2.75) is 39.3 Å². The van der Waals surface area contributed by atoms with E-state index in [1.165, 1.54) is 0 Å². The molecule has 0 aliphatic rings. The van der Waals surface area contributed by atoms with Gasteiger partial charge in [-0.2, -0.15) is 0 Å². The minimum Gasteiger partial charge on any atom is -0.462 e. The van der Waals surface area contributed by atoms with Crippen LogP contribution in [0.5, 0.6) is 0 Å². The molecule has 3 heteroatoms. The topological polar surface area (TPSA) is 52.3 Å². The van der Waals surface area contributed by atoms with Crippen LogP contribution in [0.1, 0.15) is 27.2 Å². The number of hydrogen-bond acceptors (Lipinski definition) is 3. The lowest BCUT2D eigenvalue weighted by Gasteiger charge is -2.11. The standard InChI is InChI=1S/C7H15NO2/c1-4-5(2)10-7(9)6(3)8/h5-6H,4,8H2,1-3H3/t5?,6-/m0/s1. The molecule has 0 bridgehead atoms. The first-order valence-electron chi connectivity index (χ1n) is 3.54. The Morgan fingerprint density at radius 1 is 1.60 bits per heavy atom. The minimum atomic E-state index is -0.506. The van der Waals surface area contributed by atoms with Gasteiger partial charge in [-0.1, -0.05) is 6.92 Å². The Labute approximate surface area is 61.5 Å². The highest BCUT2D eigenvalue weighted by Crippen LogP contribution is 1.97. The number of rotatable bonds is 3. The van der Waals surface area contributed by atoms with Gasteiger partial charge in [0.25, 0.3) is 0 Å². The molecule has 10 heavy (non-hydrogen) atoms. The maximum atomic E-state index is 10.8. The molecule has 0 fully saturated rings. The van der Waals surface area contributed by atoms with Crippen molar-refractivity contribution in [3.8, 4) is 0 Å². The Balaban J connectivity index is 3.57. The zero-order chi connectivity index (χ0) is 8.15. The number of carbonyl (C=O) groups is 1. The molecule has 0 saturated carbocycles. The number of ether oxygens (including phenoxy) is 1. The summed E-state index contributed by atoms with van der Waals surface area (Å²) < 4.78 is 4.90. The summed E-state index contributed by atoms with van der Waals surface area (Å²) in [7, 11) is 0. The summed E-state index contributed by atoms with van der Waals surface area (Å²) in [4.78, 5) is 10.8. The molecule has 0 radical (unpaired) electrons. The second-order valence-corrected chi connectivity index (χ2v) is 2.44. The molecule has 0 spiro atoms. The predicted octanol–water partition coefficient (Wildman–Crippen LogP) is 0.675. The summed E-state index contributed by atoms with van der Waals surface area (Å²) in [5, 5.41) is 0. The van der Waals surface area contributed by atoms with Crippen LogP contribution in [0.4, 0.5) is 0 Å². The lowest BCUT2D eigenvalue weighted by Crippen LogP contribution is -2.31. The molecule has 60 valence electrons. The van der Waals surface area contributed by atoms with Crippen LogP contribution in [-0.2, 0) is 9.53 Å². The van der Waals surface area contributed by atoms with Gasteiger partial charge in [0, 0.05) is 0 Å². The monoisotopic (exact) mass is 145 g/mol. The normalized spacial score (nSPS) is 16.0. The van der Waals surface area contributed by atoms with Crippen molar-refractivity contribution < 1.29 is 9.53 Å². The molecule has 0 saturated heterocycles. The van der Waals surface area contributed by atoms with Crippen LogP contribution >= 0.6 is 0 Å². The van der Waals surface area contributed by atoms with E-state index < -0.39 is 6.04 Å². The fraction of sp³-hybridized carbons (Fsp3) is 0.857. The van der Waals surface area contributed by atoms with Crippen molar-refractivity contribution in [2.24, 2.45) is 5.73 Å². The van der Waals surface area contributed by atoms with Crippen LogP contribution in [0, 0.1) is 0 Å². The van der Waals surface area contributed by atoms with Crippen molar-refractivity contribution in [3.05, 3.63) is 0 Å². The second kappa shape index (κ2) is 4.28. The number of esters is 1. The lowest BCUT2D eigenvalue weighted by atomic mass is 10.3. The van der Waals surface area contributed by atoms with Crippen molar-refractivity contribution in [3.63, 3.8) is 0 Å². The molecule has 0 aliphatic heterocycles. The molecule has 0 aromatic heterocycles. The first-order valence-corrected chi connectivity index (χ1v) is 3.54. The average Bonchev–Trinajstić information content (AvgIpc) is 1.87. The Morgan fingerprint density at radius 3 is 2.40 bits per heavy atom. The molecule has 3 nitrogen and oxygen atoms in total. The van der Waals surface area contributed by atoms with Crippen LogP contribution in [0.25, 0.3) is 0 Å². The van der Waals surface area contributed by atoms with Crippen molar-refractivity contribution in [1.29, 1.82) is 0 Å². The number of hydrogen-bond donors (Lipinski definition) is 1. The van der Waals surface area contributed by atoms with Crippen molar-refractivity contribution in [1.82, 2.24) is 0 Å². The van der Waals surface area contributed by atoms with E-state index in [-0.39, 0.29) is 12.1 Å². The van der Waals surface area contributed by atoms with Crippen LogP contribution < -0.4 is 5.73 Å². The van der Waals surface area contributed by atoms with Crippen molar-refractivity contribution in [2.75, 3.05) is 0 Å². The Morgan fingerprint density at radius 2 is 2.10 bits per heavy atom. The molecular formula is C7H15NO2. The van der Waals surface area contributed by atoms with Gasteiger partial charge >= 0.3 is 5.97 Å². The molecule has 0 aliphatic carbocycles. The molecular weight excluding hydrogens is 130 g/mol. The molecule has 0 amide bonds. The van der Waals surface area contributed by atoms with Crippen LogP contribution in [0.2, 0.25) is 0 Å². The van der Waals surface area contributed by atoms with Crippen LogP contribution in [0.3, 0.4) is 0 Å². The zero-order valence-corrected chi connectivity index (χ0v) is 6.76. The SMILES string of the molecule is CCC(C)OC(=O)[C@H](C)N. The molecule has 0 aromatic rings. The summed E-state index contributed by atoms with van der Waals surface area (Å²) in [6.45, 7) is 5.42. The maximum Gasteiger partial charge on any atom is 0.322 e. The summed E-state index contributed by atoms with van der Waals surface area (Å²) in [6.07, 6.45) is 0.817. The zero-order valence-electron chi connectivity index (χ0n) is 6.76. The molecule has 2 atom stereocenters. The molecule has 2 N–H and O–H groups in total. The van der Waals surface area contributed by atoms with Gasteiger partial charge < -0.3 is 10.5 Å². The number of carbonyl (C=O) groups excluding carboxylic acids is 1. The van der Waals surface area contributed by atoms with E-state index in [2.05, 4.69) is 0 Å². The van der Waals surface area contributed by atoms with E-state index in [0.29, 0.717) is 0 Å². The number of nitrogens with two attached hydrogens (primary N) is 1. The van der Waals surface area contributed by atoms with Gasteiger partial charge in [-0.3, -0.25) is 4.79 Å². The summed E-state index contributed by atoms with van der Waals surface area (Å²) >= 11 is 0. The fourth-order valence-electron chi connectivity index (χ4n) is 0.389. The lowest BCUT2D eigenvalue weighted by molar-refractivity contribution is -0.149. The first kappa shape index (κ1) is 9.43. The van der Waals surface area contributed by atoms with Gasteiger partial charge in [-0.25, -0.2) is 0 Å². The first-order chi connectivity index (χ1) is 4.57. The van der Waals surface area contributed by atoms with E-state index in [0.717, 1.165) is 6.42 Å². The van der Waals surface area contributed by atoms with E-state index in [1.54, 1.807) is 6.92 Å². The Kier molecular flexibility index (Phi) is 4.03. The Bertz CT molecular complexity index is 112. The van der Waals surface area contributed by atoms with Crippen LogP contribution in [-0.4, -0.2) is 18.1 Å². The average molecular weight is 145 g/mol. The highest BCUT2D eigenvalue weighted by Gasteiger charge is 2.11. The third-order valence-electron chi connectivity index (χ3n) is 1.26. The summed E-state index contributed by atoms with van der Waals surface area (Å²) in [5.74, 6) is -0.325. The van der Waals surface area contributed by atoms with E-state index in [1.807, 2.05) is 13.8 Å². The molecule has 0 rings (SSSR count). The molecule has 0 heterocycles. The highest BCUT2D eigenvalue weighted by atomic mass is 16.5. The summed E-state index contributed by atoms with van der Waals surface area (Å²) in [6, 6.07) is -0.506. The highest BCUT2D eigenvalue weighted by molar-refractivity contribution is 5.75. The van der Waals surface area contributed by atoms with Crippen LogP contribution in [0.15, 0.2) is 0 Å². The van der Waals surface area contributed by atoms with E-state index in [9.17, 15) is 4.79 Å². The third kappa shape index (κ3) is 3.45. The predicted molar refractivity (Wildman–Crippen MR) is 39.5 cm³/mol. The Hall–Kier alpha value is -0.570. The van der Waals surface area contributed by atoms with E-state index >= 15 is 0 Å². The van der Waals surface area contributed by atoms with E-state index in [4.69, 9.17) is 10.5 Å².